The van der Waals surface area contributed by atoms with Crippen molar-refractivity contribution in [3.05, 3.63) is 36.0 Å². The number of benzene rings is 1. The van der Waals surface area contributed by atoms with Crippen molar-refractivity contribution in [2.75, 3.05) is 5.32 Å². The van der Waals surface area contributed by atoms with Crippen molar-refractivity contribution in [2.24, 2.45) is 0 Å². The van der Waals surface area contributed by atoms with Crippen LogP contribution in [0.5, 0.6) is 5.75 Å². The van der Waals surface area contributed by atoms with E-state index in [-0.39, 0.29) is 11.7 Å². The Morgan fingerprint density at radius 3 is 2.59 bits per heavy atom. The van der Waals surface area contributed by atoms with Crippen LogP contribution in [-0.2, 0) is 6.54 Å². The predicted molar refractivity (Wildman–Crippen MR) is 63.8 cm³/mol. The highest BCUT2D eigenvalue weighted by atomic mass is 16.5. The van der Waals surface area contributed by atoms with Gasteiger partial charge in [-0.15, -0.1) is 0 Å². The van der Waals surface area contributed by atoms with Crippen LogP contribution in [0.1, 0.15) is 31.5 Å². The van der Waals surface area contributed by atoms with E-state index in [1.807, 2.05) is 13.8 Å². The Bertz CT molecular complexity index is 477. The summed E-state index contributed by atoms with van der Waals surface area (Å²) in [5, 5.41) is 16.1. The van der Waals surface area contributed by atoms with E-state index < -0.39 is 0 Å². The van der Waals surface area contributed by atoms with Gasteiger partial charge in [-0.3, -0.25) is 0 Å². The van der Waals surface area contributed by atoms with Crippen molar-refractivity contribution in [1.29, 1.82) is 0 Å². The standard InChI is InChI=1S/C12H15N3O2/c1-8(2)12-14-11(17-15-12)7-13-9-3-5-10(16)6-4-9/h3-6,8,13,16H,7H2,1-2H3. The summed E-state index contributed by atoms with van der Waals surface area (Å²) in [7, 11) is 0. The summed E-state index contributed by atoms with van der Waals surface area (Å²) in [5.41, 5.74) is 0.895. The van der Waals surface area contributed by atoms with Crippen molar-refractivity contribution < 1.29 is 9.63 Å². The molecule has 5 nitrogen and oxygen atoms in total. The molecule has 0 unspecified atom stereocenters. The molecule has 0 bridgehead atoms. The molecular formula is C12H15N3O2. The molecule has 0 saturated heterocycles. The maximum atomic E-state index is 9.14. The fourth-order valence-corrected chi connectivity index (χ4v) is 1.33. The van der Waals surface area contributed by atoms with E-state index in [2.05, 4.69) is 15.5 Å². The largest absolute Gasteiger partial charge is 0.508 e. The predicted octanol–water partition coefficient (Wildman–Crippen LogP) is 2.51. The molecule has 0 spiro atoms. The van der Waals surface area contributed by atoms with Gasteiger partial charge in [-0.25, -0.2) is 0 Å². The Hall–Kier alpha value is -2.04. The first-order chi connectivity index (χ1) is 8.15. The third-order valence-electron chi connectivity index (χ3n) is 2.31. The van der Waals surface area contributed by atoms with Crippen molar-refractivity contribution >= 4 is 5.69 Å². The van der Waals surface area contributed by atoms with Crippen molar-refractivity contribution in [2.45, 2.75) is 26.3 Å². The molecule has 2 N–H and O–H groups in total. The monoisotopic (exact) mass is 233 g/mol. The summed E-state index contributed by atoms with van der Waals surface area (Å²) in [6.45, 7) is 4.51. The van der Waals surface area contributed by atoms with Gasteiger partial charge in [0.1, 0.15) is 5.75 Å². The molecule has 1 heterocycles. The normalized spacial score (nSPS) is 10.8. The molecule has 90 valence electrons. The summed E-state index contributed by atoms with van der Waals surface area (Å²) in [5.74, 6) is 1.78. The smallest absolute Gasteiger partial charge is 0.245 e. The molecule has 5 heteroatoms. The molecule has 2 aromatic rings. The fourth-order valence-electron chi connectivity index (χ4n) is 1.33. The highest BCUT2D eigenvalue weighted by molar-refractivity contribution is 5.45. The van der Waals surface area contributed by atoms with E-state index in [1.54, 1.807) is 24.3 Å². The summed E-state index contributed by atoms with van der Waals surface area (Å²) >= 11 is 0. The number of aromatic hydroxyl groups is 1. The topological polar surface area (TPSA) is 71.2 Å². The lowest BCUT2D eigenvalue weighted by atomic mass is 10.2. The average Bonchev–Trinajstić information content (AvgIpc) is 2.77. The molecule has 0 amide bonds. The second-order valence-corrected chi connectivity index (χ2v) is 4.10. The minimum Gasteiger partial charge on any atom is -0.508 e. The minimum atomic E-state index is 0.246. The highest BCUT2D eigenvalue weighted by Crippen LogP contribution is 2.15. The number of rotatable bonds is 4. The molecule has 0 aliphatic carbocycles. The van der Waals surface area contributed by atoms with Crippen LogP contribution in [-0.4, -0.2) is 15.2 Å². The Morgan fingerprint density at radius 2 is 2.00 bits per heavy atom. The van der Waals surface area contributed by atoms with Gasteiger partial charge in [0.2, 0.25) is 5.89 Å². The van der Waals surface area contributed by atoms with Gasteiger partial charge in [-0.2, -0.15) is 4.98 Å². The lowest BCUT2D eigenvalue weighted by molar-refractivity contribution is 0.376. The number of nitrogens with zero attached hydrogens (tertiary/aromatic N) is 2. The third kappa shape index (κ3) is 2.96. The maximum Gasteiger partial charge on any atom is 0.245 e. The van der Waals surface area contributed by atoms with Crippen LogP contribution in [0.25, 0.3) is 0 Å². The number of hydrogen-bond donors (Lipinski definition) is 2. The lowest BCUT2D eigenvalue weighted by Crippen LogP contribution is -1.99. The number of phenols is 1. The van der Waals surface area contributed by atoms with Crippen LogP contribution < -0.4 is 5.32 Å². The zero-order valence-electron chi connectivity index (χ0n) is 9.84. The van der Waals surface area contributed by atoms with Gasteiger partial charge in [0.15, 0.2) is 5.82 Å². The maximum absolute atomic E-state index is 9.14. The van der Waals surface area contributed by atoms with Crippen molar-refractivity contribution in [1.82, 2.24) is 10.1 Å². The van der Waals surface area contributed by atoms with Gasteiger partial charge in [0.05, 0.1) is 6.54 Å². The third-order valence-corrected chi connectivity index (χ3v) is 2.31. The molecular weight excluding hydrogens is 218 g/mol. The molecule has 0 atom stereocenters. The van der Waals surface area contributed by atoms with Gasteiger partial charge in [-0.1, -0.05) is 19.0 Å². The Kier molecular flexibility index (Phi) is 3.27. The molecule has 0 aliphatic heterocycles. The number of aromatic nitrogens is 2. The molecule has 0 aliphatic rings. The Balaban J connectivity index is 1.95. The second-order valence-electron chi connectivity index (χ2n) is 4.10. The fraction of sp³-hybridized carbons (Fsp3) is 0.333. The molecule has 1 aromatic carbocycles. The average molecular weight is 233 g/mol. The first-order valence-electron chi connectivity index (χ1n) is 5.50. The van der Waals surface area contributed by atoms with Gasteiger partial charge in [-0.05, 0) is 24.3 Å². The van der Waals surface area contributed by atoms with E-state index >= 15 is 0 Å². The second kappa shape index (κ2) is 4.86. The molecule has 0 saturated carbocycles. The summed E-state index contributed by atoms with van der Waals surface area (Å²) in [6.07, 6.45) is 0. The van der Waals surface area contributed by atoms with Gasteiger partial charge >= 0.3 is 0 Å². The first kappa shape index (κ1) is 11.4. The lowest BCUT2D eigenvalue weighted by Gasteiger charge is -2.02. The summed E-state index contributed by atoms with van der Waals surface area (Å²) in [6, 6.07) is 6.81. The van der Waals surface area contributed by atoms with E-state index in [0.717, 1.165) is 5.69 Å². The Labute approximate surface area is 99.5 Å². The van der Waals surface area contributed by atoms with Crippen LogP contribution in [0.4, 0.5) is 5.69 Å². The van der Waals surface area contributed by atoms with Crippen LogP contribution in [0.15, 0.2) is 28.8 Å². The van der Waals surface area contributed by atoms with Crippen LogP contribution in [0.2, 0.25) is 0 Å². The van der Waals surface area contributed by atoms with Crippen LogP contribution in [0, 0.1) is 0 Å². The van der Waals surface area contributed by atoms with Gasteiger partial charge in [0.25, 0.3) is 0 Å². The van der Waals surface area contributed by atoms with Gasteiger partial charge < -0.3 is 14.9 Å². The SMILES string of the molecule is CC(C)c1noc(CNc2ccc(O)cc2)n1. The molecule has 0 fully saturated rings. The zero-order chi connectivity index (χ0) is 12.3. The van der Waals surface area contributed by atoms with E-state index in [0.29, 0.717) is 18.3 Å². The molecule has 2 rings (SSSR count). The van der Waals surface area contributed by atoms with E-state index in [4.69, 9.17) is 9.63 Å². The Morgan fingerprint density at radius 1 is 1.29 bits per heavy atom. The molecule has 17 heavy (non-hydrogen) atoms. The number of nitrogens with one attached hydrogen (secondary N) is 1. The van der Waals surface area contributed by atoms with E-state index in [1.165, 1.54) is 0 Å². The quantitative estimate of drug-likeness (QED) is 0.794. The molecule has 0 radical (unpaired) electrons. The summed E-state index contributed by atoms with van der Waals surface area (Å²) in [4.78, 5) is 4.25. The number of anilines is 1. The first-order valence-corrected chi connectivity index (χ1v) is 5.50. The number of hydrogen-bond acceptors (Lipinski definition) is 5. The van der Waals surface area contributed by atoms with Crippen LogP contribution in [0.3, 0.4) is 0 Å². The zero-order valence-corrected chi connectivity index (χ0v) is 9.84. The summed E-state index contributed by atoms with van der Waals surface area (Å²) < 4.78 is 5.10. The molecule has 1 aromatic heterocycles. The van der Waals surface area contributed by atoms with Crippen molar-refractivity contribution in [3.63, 3.8) is 0 Å². The van der Waals surface area contributed by atoms with E-state index in [9.17, 15) is 0 Å². The number of phenolic OH excluding ortho intramolecular Hbond substituents is 1. The minimum absolute atomic E-state index is 0.246. The van der Waals surface area contributed by atoms with Crippen LogP contribution >= 0.6 is 0 Å². The highest BCUT2D eigenvalue weighted by Gasteiger charge is 2.08. The van der Waals surface area contributed by atoms with Gasteiger partial charge in [0, 0.05) is 11.6 Å². The van der Waals surface area contributed by atoms with Crippen molar-refractivity contribution in [3.8, 4) is 5.75 Å².